The van der Waals surface area contributed by atoms with Gasteiger partial charge in [-0.05, 0) is 19.1 Å². The van der Waals surface area contributed by atoms with Gasteiger partial charge >= 0.3 is 5.97 Å². The number of nitrogens with one attached hydrogen (secondary N) is 2. The number of hydrogen-bond donors (Lipinski definition) is 2. The molecule has 1 aromatic rings. The number of hydrogen-bond acceptors (Lipinski definition) is 4. The Bertz CT molecular complexity index is 418. The van der Waals surface area contributed by atoms with Crippen LogP contribution in [-0.4, -0.2) is 32.1 Å². The Hall–Kier alpha value is -2.04. The first-order chi connectivity index (χ1) is 8.10. The molecule has 92 valence electrons. The Morgan fingerprint density at radius 3 is 2.53 bits per heavy atom. The van der Waals surface area contributed by atoms with Crippen LogP contribution in [0.3, 0.4) is 0 Å². The van der Waals surface area contributed by atoms with Gasteiger partial charge in [-0.2, -0.15) is 0 Å². The van der Waals surface area contributed by atoms with Crippen molar-refractivity contribution in [3.05, 3.63) is 29.8 Å². The number of para-hydroxylation sites is 1. The summed E-state index contributed by atoms with van der Waals surface area (Å²) in [6, 6.07) is 6.39. The lowest BCUT2D eigenvalue weighted by Gasteiger charge is -2.13. The van der Waals surface area contributed by atoms with Crippen molar-refractivity contribution >= 4 is 17.6 Å². The first kappa shape index (κ1) is 13.0. The molecular formula is C12H16N2O3. The van der Waals surface area contributed by atoms with Crippen molar-refractivity contribution in [3.8, 4) is 0 Å². The lowest BCUT2D eigenvalue weighted by atomic mass is 10.1. The van der Waals surface area contributed by atoms with Crippen LogP contribution in [0.15, 0.2) is 24.3 Å². The molecule has 0 bridgehead atoms. The molecule has 0 fully saturated rings. The van der Waals surface area contributed by atoms with Gasteiger partial charge in [0.15, 0.2) is 0 Å². The molecule has 0 aliphatic heterocycles. The molecule has 0 aromatic heterocycles. The van der Waals surface area contributed by atoms with Gasteiger partial charge in [-0.15, -0.1) is 0 Å². The Labute approximate surface area is 100 Å². The summed E-state index contributed by atoms with van der Waals surface area (Å²) in [5, 5.41) is 5.48. The predicted octanol–water partition coefficient (Wildman–Crippen LogP) is 1.02. The van der Waals surface area contributed by atoms with E-state index in [4.69, 9.17) is 0 Å². The number of carbonyl (C=O) groups excluding carboxylic acids is 2. The first-order valence-electron chi connectivity index (χ1n) is 5.25. The quantitative estimate of drug-likeness (QED) is 0.766. The molecule has 0 heterocycles. The summed E-state index contributed by atoms with van der Waals surface area (Å²) in [4.78, 5) is 23.1. The highest BCUT2D eigenvalue weighted by atomic mass is 16.5. The normalized spacial score (nSPS) is 11.5. The van der Waals surface area contributed by atoms with Gasteiger partial charge in [-0.1, -0.05) is 12.1 Å². The Balaban J connectivity index is 2.79. The van der Waals surface area contributed by atoms with Gasteiger partial charge < -0.3 is 15.4 Å². The third-order valence-electron chi connectivity index (χ3n) is 2.34. The van der Waals surface area contributed by atoms with Crippen molar-refractivity contribution in [2.45, 2.75) is 13.0 Å². The summed E-state index contributed by atoms with van der Waals surface area (Å²) in [6.45, 7) is 1.58. The van der Waals surface area contributed by atoms with Crippen LogP contribution in [0.1, 0.15) is 17.3 Å². The molecule has 0 saturated heterocycles. The third kappa shape index (κ3) is 3.21. The maximum Gasteiger partial charge on any atom is 0.328 e. The van der Waals surface area contributed by atoms with Crippen LogP contribution in [0.4, 0.5) is 5.69 Å². The molecule has 0 radical (unpaired) electrons. The summed E-state index contributed by atoms with van der Waals surface area (Å²) >= 11 is 0. The minimum absolute atomic E-state index is 0.312. The third-order valence-corrected chi connectivity index (χ3v) is 2.34. The highest BCUT2D eigenvalue weighted by molar-refractivity contribution is 6.01. The largest absolute Gasteiger partial charge is 0.467 e. The summed E-state index contributed by atoms with van der Waals surface area (Å²) < 4.78 is 4.54. The molecule has 1 amide bonds. The van der Waals surface area contributed by atoms with Gasteiger partial charge in [0.25, 0.3) is 5.91 Å². The molecule has 17 heavy (non-hydrogen) atoms. The zero-order valence-electron chi connectivity index (χ0n) is 10.1. The maximum atomic E-state index is 11.9. The van der Waals surface area contributed by atoms with E-state index in [1.54, 1.807) is 32.2 Å². The molecule has 0 aliphatic carbocycles. The summed E-state index contributed by atoms with van der Waals surface area (Å²) in [5.74, 6) is -0.784. The second-order valence-electron chi connectivity index (χ2n) is 3.51. The summed E-state index contributed by atoms with van der Waals surface area (Å²) in [5.41, 5.74) is 1.20. The van der Waals surface area contributed by atoms with Gasteiger partial charge in [-0.25, -0.2) is 4.79 Å². The monoisotopic (exact) mass is 236 g/mol. The van der Waals surface area contributed by atoms with Gasteiger partial charge in [0.1, 0.15) is 6.04 Å². The molecule has 0 aliphatic rings. The average molecular weight is 236 g/mol. The first-order valence-corrected chi connectivity index (χ1v) is 5.25. The number of amides is 1. The van der Waals surface area contributed by atoms with Gasteiger partial charge in [0.2, 0.25) is 0 Å². The number of esters is 1. The molecule has 2 N–H and O–H groups in total. The Morgan fingerprint density at radius 2 is 1.94 bits per heavy atom. The molecule has 1 rings (SSSR count). The predicted molar refractivity (Wildman–Crippen MR) is 64.9 cm³/mol. The number of methoxy groups -OCH3 is 1. The minimum Gasteiger partial charge on any atom is -0.467 e. The lowest BCUT2D eigenvalue weighted by molar-refractivity contribution is -0.142. The number of carbonyl (C=O) groups is 2. The average Bonchev–Trinajstić information content (AvgIpc) is 2.37. The zero-order chi connectivity index (χ0) is 12.8. The van der Waals surface area contributed by atoms with E-state index in [2.05, 4.69) is 15.4 Å². The fraction of sp³-hybridized carbons (Fsp3) is 0.333. The van der Waals surface area contributed by atoms with Crippen molar-refractivity contribution in [1.82, 2.24) is 5.32 Å². The highest BCUT2D eigenvalue weighted by Gasteiger charge is 2.18. The molecule has 5 nitrogen and oxygen atoms in total. The van der Waals surface area contributed by atoms with E-state index in [0.717, 1.165) is 0 Å². The number of rotatable bonds is 4. The van der Waals surface area contributed by atoms with Crippen LogP contribution in [0.25, 0.3) is 0 Å². The molecule has 1 aromatic carbocycles. The summed E-state index contributed by atoms with van der Waals surface area (Å²) in [7, 11) is 3.02. The van der Waals surface area contributed by atoms with E-state index in [1.807, 2.05) is 6.07 Å². The van der Waals surface area contributed by atoms with E-state index in [-0.39, 0.29) is 5.91 Å². The smallest absolute Gasteiger partial charge is 0.328 e. The van der Waals surface area contributed by atoms with Gasteiger partial charge in [-0.3, -0.25) is 4.79 Å². The summed E-state index contributed by atoms with van der Waals surface area (Å²) in [6.07, 6.45) is 0. The topological polar surface area (TPSA) is 67.4 Å². The van der Waals surface area contributed by atoms with Crippen molar-refractivity contribution in [2.75, 3.05) is 19.5 Å². The minimum atomic E-state index is -0.669. The van der Waals surface area contributed by atoms with Crippen LogP contribution in [-0.2, 0) is 9.53 Å². The van der Waals surface area contributed by atoms with E-state index >= 15 is 0 Å². The second kappa shape index (κ2) is 5.89. The second-order valence-corrected chi connectivity index (χ2v) is 3.51. The van der Waals surface area contributed by atoms with E-state index < -0.39 is 12.0 Å². The number of ether oxygens (including phenoxy) is 1. The number of benzene rings is 1. The van der Waals surface area contributed by atoms with Crippen LogP contribution >= 0.6 is 0 Å². The zero-order valence-corrected chi connectivity index (χ0v) is 10.1. The van der Waals surface area contributed by atoms with Gasteiger partial charge in [0.05, 0.1) is 12.7 Å². The van der Waals surface area contributed by atoms with Crippen molar-refractivity contribution in [2.24, 2.45) is 0 Å². The molecule has 5 heteroatoms. The van der Waals surface area contributed by atoms with E-state index in [0.29, 0.717) is 11.3 Å². The van der Waals surface area contributed by atoms with Gasteiger partial charge in [0, 0.05) is 12.7 Å². The number of anilines is 1. The highest BCUT2D eigenvalue weighted by Crippen LogP contribution is 2.13. The fourth-order valence-electron chi connectivity index (χ4n) is 1.41. The van der Waals surface area contributed by atoms with Crippen LogP contribution < -0.4 is 10.6 Å². The SMILES string of the molecule is CNc1ccccc1C(=O)NC(C)C(=O)OC. The standard InChI is InChI=1S/C12H16N2O3/c1-8(12(16)17-3)14-11(15)9-6-4-5-7-10(9)13-2/h4-8,13H,1-3H3,(H,14,15). The van der Waals surface area contributed by atoms with Crippen molar-refractivity contribution < 1.29 is 14.3 Å². The molecule has 1 unspecified atom stereocenters. The molecule has 1 atom stereocenters. The Morgan fingerprint density at radius 1 is 1.29 bits per heavy atom. The van der Waals surface area contributed by atoms with Crippen molar-refractivity contribution in [1.29, 1.82) is 0 Å². The lowest BCUT2D eigenvalue weighted by Crippen LogP contribution is -2.39. The molecule has 0 spiro atoms. The van der Waals surface area contributed by atoms with Crippen LogP contribution in [0, 0.1) is 0 Å². The molecular weight excluding hydrogens is 220 g/mol. The van der Waals surface area contributed by atoms with Crippen LogP contribution in [0.2, 0.25) is 0 Å². The van der Waals surface area contributed by atoms with Crippen molar-refractivity contribution in [3.63, 3.8) is 0 Å². The van der Waals surface area contributed by atoms with Crippen LogP contribution in [0.5, 0.6) is 0 Å². The maximum absolute atomic E-state index is 11.9. The van der Waals surface area contributed by atoms with E-state index in [1.165, 1.54) is 7.11 Å². The van der Waals surface area contributed by atoms with E-state index in [9.17, 15) is 9.59 Å². The fourth-order valence-corrected chi connectivity index (χ4v) is 1.41. The Kier molecular flexibility index (Phi) is 4.51. The molecule has 0 saturated carbocycles.